The monoisotopic (exact) mass is 282 g/mol. The fraction of sp³-hybridized carbons (Fsp3) is 0.400. The summed E-state index contributed by atoms with van der Waals surface area (Å²) in [4.78, 5) is 13.3. The van der Waals surface area contributed by atoms with E-state index in [2.05, 4.69) is 25.4 Å². The molecular weight excluding hydrogens is 264 g/mol. The maximum absolute atomic E-state index is 4.60. The number of H-pyrrole nitrogens is 1. The highest BCUT2D eigenvalue weighted by atomic mass is 15.4. The minimum absolute atomic E-state index is 0.504. The summed E-state index contributed by atoms with van der Waals surface area (Å²) in [5.74, 6) is 1.64. The second-order valence-electron chi connectivity index (χ2n) is 5.53. The van der Waals surface area contributed by atoms with Gasteiger partial charge in [0.15, 0.2) is 5.82 Å². The van der Waals surface area contributed by atoms with Crippen LogP contribution in [0.2, 0.25) is 0 Å². The van der Waals surface area contributed by atoms with Gasteiger partial charge < -0.3 is 5.32 Å². The predicted octanol–water partition coefficient (Wildman–Crippen LogP) is 2.86. The largest absolute Gasteiger partial charge is 0.365 e. The van der Waals surface area contributed by atoms with E-state index in [1.54, 1.807) is 12.5 Å². The number of hydrogen-bond donors (Lipinski definition) is 2. The number of anilines is 1. The zero-order chi connectivity index (χ0) is 14.1. The van der Waals surface area contributed by atoms with Gasteiger partial charge in [-0.15, -0.1) is 0 Å². The van der Waals surface area contributed by atoms with Crippen molar-refractivity contribution in [2.75, 3.05) is 5.32 Å². The highest BCUT2D eigenvalue weighted by Gasteiger charge is 2.21. The van der Waals surface area contributed by atoms with Crippen molar-refractivity contribution in [2.45, 2.75) is 38.1 Å². The Morgan fingerprint density at radius 2 is 2.05 bits per heavy atom. The number of hydrogen-bond acceptors (Lipinski definition) is 4. The van der Waals surface area contributed by atoms with Crippen LogP contribution in [0.3, 0.4) is 0 Å². The van der Waals surface area contributed by atoms with E-state index < -0.39 is 0 Å². The summed E-state index contributed by atoms with van der Waals surface area (Å²) in [5.41, 5.74) is 1.73. The van der Waals surface area contributed by atoms with Crippen molar-refractivity contribution in [1.82, 2.24) is 24.6 Å². The molecule has 0 saturated heterocycles. The molecule has 21 heavy (non-hydrogen) atoms. The van der Waals surface area contributed by atoms with Crippen LogP contribution < -0.4 is 5.32 Å². The molecule has 4 rings (SSSR count). The van der Waals surface area contributed by atoms with Gasteiger partial charge in [0.1, 0.15) is 12.0 Å². The molecule has 0 unspecified atom stereocenters. The lowest BCUT2D eigenvalue weighted by molar-refractivity contribution is 0.461. The average Bonchev–Trinajstić information content (AvgIpc) is 3.12. The van der Waals surface area contributed by atoms with Crippen LogP contribution >= 0.6 is 0 Å². The SMILES string of the molecule is c1ccc(-c2nc3nc[nH]n3c2NC2CCCCC2)nc1. The van der Waals surface area contributed by atoms with Crippen LogP contribution in [0.5, 0.6) is 0 Å². The number of imidazole rings is 1. The van der Waals surface area contributed by atoms with E-state index in [0.29, 0.717) is 11.8 Å². The number of aromatic amines is 1. The first-order valence-electron chi connectivity index (χ1n) is 7.51. The second kappa shape index (κ2) is 5.20. The van der Waals surface area contributed by atoms with Gasteiger partial charge in [0.2, 0.25) is 0 Å². The highest BCUT2D eigenvalue weighted by Crippen LogP contribution is 2.29. The average molecular weight is 282 g/mol. The summed E-state index contributed by atoms with van der Waals surface area (Å²) in [6, 6.07) is 6.38. The van der Waals surface area contributed by atoms with E-state index in [4.69, 9.17) is 0 Å². The Morgan fingerprint density at radius 3 is 2.86 bits per heavy atom. The van der Waals surface area contributed by atoms with Crippen LogP contribution in [0.15, 0.2) is 30.7 Å². The van der Waals surface area contributed by atoms with Gasteiger partial charge in [0.25, 0.3) is 5.78 Å². The molecule has 3 aromatic rings. The van der Waals surface area contributed by atoms with E-state index in [1.165, 1.54) is 32.1 Å². The molecule has 6 heteroatoms. The van der Waals surface area contributed by atoms with Gasteiger partial charge in [0.05, 0.1) is 5.69 Å². The van der Waals surface area contributed by atoms with Gasteiger partial charge >= 0.3 is 0 Å². The summed E-state index contributed by atoms with van der Waals surface area (Å²) >= 11 is 0. The number of rotatable bonds is 3. The Labute approximate surface area is 122 Å². The fourth-order valence-corrected chi connectivity index (χ4v) is 3.02. The second-order valence-corrected chi connectivity index (χ2v) is 5.53. The normalized spacial score (nSPS) is 16.4. The third kappa shape index (κ3) is 2.26. The van der Waals surface area contributed by atoms with Crippen LogP contribution in [-0.2, 0) is 0 Å². The molecule has 3 aromatic heterocycles. The summed E-state index contributed by atoms with van der Waals surface area (Å²) in [7, 11) is 0. The summed E-state index contributed by atoms with van der Waals surface area (Å²) in [6.45, 7) is 0. The van der Waals surface area contributed by atoms with E-state index in [9.17, 15) is 0 Å². The smallest absolute Gasteiger partial charge is 0.252 e. The van der Waals surface area contributed by atoms with Crippen molar-refractivity contribution < 1.29 is 0 Å². The lowest BCUT2D eigenvalue weighted by Crippen LogP contribution is -2.23. The molecule has 0 aliphatic heterocycles. The van der Waals surface area contributed by atoms with Crippen LogP contribution in [0, 0.1) is 0 Å². The summed E-state index contributed by atoms with van der Waals surface area (Å²) < 4.78 is 1.90. The number of fused-ring (bicyclic) bond motifs is 1. The molecule has 2 N–H and O–H groups in total. The highest BCUT2D eigenvalue weighted by molar-refractivity contribution is 5.72. The molecule has 1 aliphatic rings. The number of aromatic nitrogens is 5. The molecule has 0 spiro atoms. The molecule has 1 aliphatic carbocycles. The van der Waals surface area contributed by atoms with Gasteiger partial charge in [-0.2, -0.15) is 0 Å². The molecule has 0 aromatic carbocycles. The van der Waals surface area contributed by atoms with Crippen LogP contribution in [0.4, 0.5) is 5.82 Å². The molecule has 3 heterocycles. The van der Waals surface area contributed by atoms with E-state index in [1.807, 2.05) is 22.7 Å². The predicted molar refractivity (Wildman–Crippen MR) is 81.1 cm³/mol. The molecule has 108 valence electrons. The first-order chi connectivity index (χ1) is 10.4. The zero-order valence-corrected chi connectivity index (χ0v) is 11.8. The van der Waals surface area contributed by atoms with Gasteiger partial charge in [-0.05, 0) is 25.0 Å². The maximum Gasteiger partial charge on any atom is 0.252 e. The number of pyridine rings is 1. The minimum atomic E-state index is 0.504. The molecule has 1 fully saturated rings. The van der Waals surface area contributed by atoms with E-state index >= 15 is 0 Å². The molecule has 0 atom stereocenters. The van der Waals surface area contributed by atoms with E-state index in [0.717, 1.165) is 17.2 Å². The molecule has 6 nitrogen and oxygen atoms in total. The Bertz CT molecular complexity index is 723. The quantitative estimate of drug-likeness (QED) is 0.775. The fourth-order valence-electron chi connectivity index (χ4n) is 3.02. The number of nitrogens with one attached hydrogen (secondary N) is 2. The third-order valence-electron chi connectivity index (χ3n) is 4.08. The van der Waals surface area contributed by atoms with Crippen molar-refractivity contribution in [3.8, 4) is 11.4 Å². The van der Waals surface area contributed by atoms with Gasteiger partial charge in [-0.3, -0.25) is 10.1 Å². The first-order valence-corrected chi connectivity index (χ1v) is 7.51. The van der Waals surface area contributed by atoms with Crippen molar-refractivity contribution in [3.05, 3.63) is 30.7 Å². The van der Waals surface area contributed by atoms with Crippen LogP contribution in [0.25, 0.3) is 17.2 Å². The Balaban J connectivity index is 1.75. The van der Waals surface area contributed by atoms with Gasteiger partial charge in [-0.25, -0.2) is 14.5 Å². The lowest BCUT2D eigenvalue weighted by Gasteiger charge is -2.23. The third-order valence-corrected chi connectivity index (χ3v) is 4.08. The lowest BCUT2D eigenvalue weighted by atomic mass is 9.95. The minimum Gasteiger partial charge on any atom is -0.365 e. The van der Waals surface area contributed by atoms with Crippen molar-refractivity contribution in [1.29, 1.82) is 0 Å². The Hall–Kier alpha value is -2.37. The number of nitrogens with zero attached hydrogens (tertiary/aromatic N) is 4. The molecule has 0 bridgehead atoms. The summed E-state index contributed by atoms with van der Waals surface area (Å²) in [5, 5.41) is 6.77. The molecule has 0 amide bonds. The summed E-state index contributed by atoms with van der Waals surface area (Å²) in [6.07, 6.45) is 9.81. The van der Waals surface area contributed by atoms with Crippen molar-refractivity contribution >= 4 is 11.6 Å². The van der Waals surface area contributed by atoms with Crippen molar-refractivity contribution in [3.63, 3.8) is 0 Å². The molecule has 0 radical (unpaired) electrons. The maximum atomic E-state index is 4.60. The Kier molecular flexibility index (Phi) is 3.06. The van der Waals surface area contributed by atoms with Crippen LogP contribution in [0.1, 0.15) is 32.1 Å². The molecular formula is C15H18N6. The molecule has 1 saturated carbocycles. The first kappa shape index (κ1) is 12.4. The van der Waals surface area contributed by atoms with Gasteiger partial charge in [0, 0.05) is 12.2 Å². The van der Waals surface area contributed by atoms with Crippen molar-refractivity contribution in [2.24, 2.45) is 0 Å². The van der Waals surface area contributed by atoms with Gasteiger partial charge in [-0.1, -0.05) is 25.3 Å². The topological polar surface area (TPSA) is 70.9 Å². The standard InChI is InChI=1S/C15H18N6/c1-2-6-11(7-3-1)19-14-13(12-8-4-5-9-16-12)20-15-17-10-18-21(14)15/h4-5,8-11,19H,1-3,6-7H2,(H,17,18,20). The Morgan fingerprint density at radius 1 is 1.14 bits per heavy atom. The zero-order valence-electron chi connectivity index (χ0n) is 11.8. The van der Waals surface area contributed by atoms with E-state index in [-0.39, 0.29) is 0 Å². The van der Waals surface area contributed by atoms with Crippen LogP contribution in [-0.4, -0.2) is 30.6 Å².